The SMILES string of the molecule is CCCc1cnc(C)nc1N1CCNC(C(=O)NC2CC2)C1. The van der Waals surface area contributed by atoms with E-state index in [2.05, 4.69) is 32.4 Å². The minimum absolute atomic E-state index is 0.120. The molecule has 2 heterocycles. The highest BCUT2D eigenvalue weighted by Gasteiger charge is 2.31. The van der Waals surface area contributed by atoms with E-state index in [1.807, 2.05) is 13.1 Å². The van der Waals surface area contributed by atoms with Crippen molar-refractivity contribution in [3.8, 4) is 0 Å². The highest BCUT2D eigenvalue weighted by Crippen LogP contribution is 2.22. The number of carbonyl (C=O) groups excluding carboxylic acids is 1. The quantitative estimate of drug-likeness (QED) is 0.842. The molecule has 1 aromatic heterocycles. The summed E-state index contributed by atoms with van der Waals surface area (Å²) in [4.78, 5) is 23.5. The summed E-state index contributed by atoms with van der Waals surface area (Å²) in [6.07, 6.45) is 6.21. The monoisotopic (exact) mass is 303 g/mol. The molecule has 2 N–H and O–H groups in total. The number of anilines is 1. The van der Waals surface area contributed by atoms with Crippen molar-refractivity contribution in [2.45, 2.75) is 51.6 Å². The van der Waals surface area contributed by atoms with Crippen molar-refractivity contribution >= 4 is 11.7 Å². The van der Waals surface area contributed by atoms with Gasteiger partial charge in [0.15, 0.2) is 0 Å². The van der Waals surface area contributed by atoms with Crippen molar-refractivity contribution in [2.75, 3.05) is 24.5 Å². The zero-order chi connectivity index (χ0) is 15.5. The van der Waals surface area contributed by atoms with Crippen LogP contribution in [0.5, 0.6) is 0 Å². The van der Waals surface area contributed by atoms with Crippen LogP contribution in [0.4, 0.5) is 5.82 Å². The van der Waals surface area contributed by atoms with E-state index in [4.69, 9.17) is 0 Å². The van der Waals surface area contributed by atoms with Gasteiger partial charge in [0, 0.05) is 37.4 Å². The van der Waals surface area contributed by atoms with E-state index in [-0.39, 0.29) is 11.9 Å². The summed E-state index contributed by atoms with van der Waals surface area (Å²) in [5.74, 6) is 1.91. The second kappa shape index (κ2) is 6.60. The van der Waals surface area contributed by atoms with Gasteiger partial charge in [0.2, 0.25) is 5.91 Å². The molecular weight excluding hydrogens is 278 g/mol. The third-order valence-corrected chi connectivity index (χ3v) is 4.20. The highest BCUT2D eigenvalue weighted by atomic mass is 16.2. The van der Waals surface area contributed by atoms with Crippen molar-refractivity contribution in [3.63, 3.8) is 0 Å². The topological polar surface area (TPSA) is 70.2 Å². The molecule has 1 aliphatic heterocycles. The van der Waals surface area contributed by atoms with E-state index in [9.17, 15) is 4.79 Å². The highest BCUT2D eigenvalue weighted by molar-refractivity contribution is 5.83. The van der Waals surface area contributed by atoms with Gasteiger partial charge in [-0.25, -0.2) is 9.97 Å². The summed E-state index contributed by atoms with van der Waals surface area (Å²) in [6, 6.07) is 0.251. The number of hydrogen-bond donors (Lipinski definition) is 2. The van der Waals surface area contributed by atoms with Crippen LogP contribution in [0.25, 0.3) is 0 Å². The lowest BCUT2D eigenvalue weighted by molar-refractivity contribution is -0.123. The molecule has 1 atom stereocenters. The van der Waals surface area contributed by atoms with Crippen LogP contribution in [-0.4, -0.2) is 47.6 Å². The molecular formula is C16H25N5O. The fraction of sp³-hybridized carbons (Fsp3) is 0.688. The first-order valence-electron chi connectivity index (χ1n) is 8.28. The Bertz CT molecular complexity index is 543. The summed E-state index contributed by atoms with van der Waals surface area (Å²) in [5, 5.41) is 6.41. The molecule has 0 radical (unpaired) electrons. The van der Waals surface area contributed by atoms with Gasteiger partial charge >= 0.3 is 0 Å². The maximum atomic E-state index is 12.3. The van der Waals surface area contributed by atoms with Gasteiger partial charge in [0.25, 0.3) is 0 Å². The lowest BCUT2D eigenvalue weighted by atomic mass is 10.1. The molecule has 6 nitrogen and oxygen atoms in total. The maximum absolute atomic E-state index is 12.3. The van der Waals surface area contributed by atoms with Crippen LogP contribution in [0, 0.1) is 6.92 Å². The van der Waals surface area contributed by atoms with Gasteiger partial charge < -0.3 is 15.5 Å². The summed E-state index contributed by atoms with van der Waals surface area (Å²) in [6.45, 7) is 6.43. The smallest absolute Gasteiger partial charge is 0.239 e. The minimum Gasteiger partial charge on any atom is -0.353 e. The zero-order valence-corrected chi connectivity index (χ0v) is 13.4. The fourth-order valence-corrected chi connectivity index (χ4v) is 2.85. The van der Waals surface area contributed by atoms with E-state index in [1.165, 1.54) is 5.56 Å². The van der Waals surface area contributed by atoms with Crippen molar-refractivity contribution in [1.29, 1.82) is 0 Å². The standard InChI is InChI=1S/C16H25N5O/c1-3-4-12-9-18-11(2)19-15(12)21-8-7-17-14(10-21)16(22)20-13-5-6-13/h9,13-14,17H,3-8,10H2,1-2H3,(H,20,22). The molecule has 0 aromatic carbocycles. The number of rotatable bonds is 5. The molecule has 1 saturated carbocycles. The van der Waals surface area contributed by atoms with Gasteiger partial charge in [-0.1, -0.05) is 13.3 Å². The van der Waals surface area contributed by atoms with E-state index in [0.717, 1.165) is 50.4 Å². The average molecular weight is 303 g/mol. The summed E-state index contributed by atoms with van der Waals surface area (Å²) in [5.41, 5.74) is 1.18. The zero-order valence-electron chi connectivity index (χ0n) is 13.4. The van der Waals surface area contributed by atoms with Gasteiger partial charge in [-0.05, 0) is 26.2 Å². The summed E-state index contributed by atoms with van der Waals surface area (Å²) < 4.78 is 0. The largest absolute Gasteiger partial charge is 0.353 e. The van der Waals surface area contributed by atoms with Crippen LogP contribution >= 0.6 is 0 Å². The number of aryl methyl sites for hydroxylation is 2. The number of hydrogen-bond acceptors (Lipinski definition) is 5. The van der Waals surface area contributed by atoms with Gasteiger partial charge in [0.1, 0.15) is 17.7 Å². The first kappa shape index (κ1) is 15.2. The molecule has 2 aliphatic rings. The molecule has 22 heavy (non-hydrogen) atoms. The predicted molar refractivity (Wildman–Crippen MR) is 85.9 cm³/mol. The fourth-order valence-electron chi connectivity index (χ4n) is 2.85. The number of nitrogens with zero attached hydrogens (tertiary/aromatic N) is 3. The Balaban J connectivity index is 1.73. The van der Waals surface area contributed by atoms with Gasteiger partial charge in [-0.3, -0.25) is 4.79 Å². The van der Waals surface area contributed by atoms with Gasteiger partial charge in [-0.15, -0.1) is 0 Å². The van der Waals surface area contributed by atoms with Crippen molar-refractivity contribution in [1.82, 2.24) is 20.6 Å². The van der Waals surface area contributed by atoms with Crippen molar-refractivity contribution in [3.05, 3.63) is 17.6 Å². The Morgan fingerprint density at radius 1 is 1.50 bits per heavy atom. The van der Waals surface area contributed by atoms with E-state index < -0.39 is 0 Å². The number of aromatic nitrogens is 2. The van der Waals surface area contributed by atoms with Crippen LogP contribution < -0.4 is 15.5 Å². The molecule has 2 fully saturated rings. The van der Waals surface area contributed by atoms with E-state index in [0.29, 0.717) is 12.6 Å². The van der Waals surface area contributed by atoms with Crippen molar-refractivity contribution < 1.29 is 4.79 Å². The van der Waals surface area contributed by atoms with E-state index in [1.54, 1.807) is 0 Å². The number of carbonyl (C=O) groups is 1. The molecule has 1 saturated heterocycles. The molecule has 3 rings (SSSR count). The van der Waals surface area contributed by atoms with Gasteiger partial charge in [0.05, 0.1) is 0 Å². The first-order chi connectivity index (χ1) is 10.7. The average Bonchev–Trinajstić information content (AvgIpc) is 3.33. The Morgan fingerprint density at radius 3 is 3.05 bits per heavy atom. The van der Waals surface area contributed by atoms with E-state index >= 15 is 0 Å². The third-order valence-electron chi connectivity index (χ3n) is 4.20. The molecule has 0 spiro atoms. The third kappa shape index (κ3) is 3.55. The Morgan fingerprint density at radius 2 is 2.32 bits per heavy atom. The van der Waals surface area contributed by atoms with Crippen LogP contribution in [0.3, 0.4) is 0 Å². The molecule has 1 aliphatic carbocycles. The normalized spacial score (nSPS) is 21.7. The van der Waals surface area contributed by atoms with Crippen LogP contribution in [0.1, 0.15) is 37.6 Å². The van der Waals surface area contributed by atoms with Crippen LogP contribution in [0.15, 0.2) is 6.20 Å². The molecule has 1 unspecified atom stereocenters. The van der Waals surface area contributed by atoms with Gasteiger partial charge in [-0.2, -0.15) is 0 Å². The molecule has 6 heteroatoms. The van der Waals surface area contributed by atoms with Crippen LogP contribution in [0.2, 0.25) is 0 Å². The minimum atomic E-state index is -0.154. The Labute approximate surface area is 131 Å². The number of piperazine rings is 1. The van der Waals surface area contributed by atoms with Crippen molar-refractivity contribution in [2.24, 2.45) is 0 Å². The number of amides is 1. The summed E-state index contributed by atoms with van der Waals surface area (Å²) in [7, 11) is 0. The molecule has 120 valence electrons. The second-order valence-corrected chi connectivity index (χ2v) is 6.25. The summed E-state index contributed by atoms with van der Waals surface area (Å²) >= 11 is 0. The lowest BCUT2D eigenvalue weighted by Crippen LogP contribution is -2.57. The Kier molecular flexibility index (Phi) is 4.57. The molecule has 0 bridgehead atoms. The first-order valence-corrected chi connectivity index (χ1v) is 8.28. The Hall–Kier alpha value is -1.69. The lowest BCUT2D eigenvalue weighted by Gasteiger charge is -2.34. The van der Waals surface area contributed by atoms with Crippen LogP contribution in [-0.2, 0) is 11.2 Å². The molecule has 1 aromatic rings. The molecule has 1 amide bonds. The number of nitrogens with one attached hydrogen (secondary N) is 2. The second-order valence-electron chi connectivity index (χ2n) is 6.25. The maximum Gasteiger partial charge on any atom is 0.239 e. The predicted octanol–water partition coefficient (Wildman–Crippen LogP) is 0.794.